The Morgan fingerprint density at radius 1 is 1.07 bits per heavy atom. The van der Waals surface area contributed by atoms with Gasteiger partial charge in [0.1, 0.15) is 0 Å². The second-order valence-electron chi connectivity index (χ2n) is 10.5. The van der Waals surface area contributed by atoms with Crippen molar-refractivity contribution in [3.8, 4) is 0 Å². The van der Waals surface area contributed by atoms with Gasteiger partial charge in [-0.3, -0.25) is 9.69 Å². The standard InChI is InChI=1S/C26H38N2O2/c1-19-20-14-23-16-21(19)17-24(15-20)26(23,22-6-3-2-4-7-22)18-25(29)27-8-5-9-28-10-12-30-13-11-28/h2-4,6-7,19-21,23-24H,5,8-18H2,1H3,(H,27,29). The molecular weight excluding hydrogens is 372 g/mol. The Hall–Kier alpha value is -1.39. The lowest BCUT2D eigenvalue weighted by molar-refractivity contribution is -0.133. The van der Waals surface area contributed by atoms with Crippen LogP contribution in [0.15, 0.2) is 30.3 Å². The van der Waals surface area contributed by atoms with Crippen LogP contribution in [-0.4, -0.2) is 50.2 Å². The van der Waals surface area contributed by atoms with E-state index in [0.29, 0.717) is 18.3 Å². The molecule has 164 valence electrons. The highest BCUT2D eigenvalue weighted by atomic mass is 16.5. The summed E-state index contributed by atoms with van der Waals surface area (Å²) < 4.78 is 5.42. The van der Waals surface area contributed by atoms with E-state index in [1.54, 1.807) is 0 Å². The largest absolute Gasteiger partial charge is 0.379 e. The number of carbonyl (C=O) groups is 1. The summed E-state index contributed by atoms with van der Waals surface area (Å²) in [5.41, 5.74) is 1.48. The van der Waals surface area contributed by atoms with Crippen molar-refractivity contribution in [2.75, 3.05) is 39.4 Å². The molecule has 5 fully saturated rings. The van der Waals surface area contributed by atoms with Crippen LogP contribution in [0.1, 0.15) is 51.0 Å². The van der Waals surface area contributed by atoms with Crippen molar-refractivity contribution in [2.24, 2.45) is 29.6 Å². The lowest BCUT2D eigenvalue weighted by atomic mass is 9.41. The molecule has 4 bridgehead atoms. The van der Waals surface area contributed by atoms with E-state index in [0.717, 1.165) is 63.6 Å². The van der Waals surface area contributed by atoms with Gasteiger partial charge in [-0.25, -0.2) is 0 Å². The van der Waals surface area contributed by atoms with Crippen LogP contribution in [0.25, 0.3) is 0 Å². The van der Waals surface area contributed by atoms with Gasteiger partial charge in [-0.15, -0.1) is 0 Å². The highest BCUT2D eigenvalue weighted by Gasteiger charge is 2.60. The van der Waals surface area contributed by atoms with Crippen molar-refractivity contribution in [3.63, 3.8) is 0 Å². The van der Waals surface area contributed by atoms with Gasteiger partial charge in [-0.05, 0) is 73.8 Å². The zero-order valence-corrected chi connectivity index (χ0v) is 18.5. The number of rotatable bonds is 7. The van der Waals surface area contributed by atoms with Gasteiger partial charge < -0.3 is 10.1 Å². The van der Waals surface area contributed by atoms with E-state index in [1.165, 1.54) is 31.2 Å². The van der Waals surface area contributed by atoms with Gasteiger partial charge >= 0.3 is 0 Å². The number of nitrogens with zero attached hydrogens (tertiary/aromatic N) is 1. The predicted molar refractivity (Wildman–Crippen MR) is 119 cm³/mol. The van der Waals surface area contributed by atoms with Crippen molar-refractivity contribution in [1.82, 2.24) is 10.2 Å². The third-order valence-electron chi connectivity index (χ3n) is 9.13. The molecule has 6 rings (SSSR count). The lowest BCUT2D eigenvalue weighted by Gasteiger charge is -2.63. The fraction of sp³-hybridized carbons (Fsp3) is 0.731. The van der Waals surface area contributed by atoms with Crippen molar-refractivity contribution in [2.45, 2.75) is 50.9 Å². The van der Waals surface area contributed by atoms with Crippen LogP contribution >= 0.6 is 0 Å². The van der Waals surface area contributed by atoms with E-state index in [9.17, 15) is 4.79 Å². The Bertz CT molecular complexity index is 698. The molecule has 5 aliphatic rings. The molecule has 1 heterocycles. The molecule has 4 nitrogen and oxygen atoms in total. The SMILES string of the molecule is CC1C2CC3CC1CC(C2)C3(CC(=O)NCCCN1CCOCC1)c1ccccc1. The van der Waals surface area contributed by atoms with Crippen LogP contribution in [0.5, 0.6) is 0 Å². The molecule has 0 aromatic heterocycles. The van der Waals surface area contributed by atoms with E-state index in [-0.39, 0.29) is 11.3 Å². The Kier molecular flexibility index (Phi) is 5.90. The maximum absolute atomic E-state index is 13.2. The molecule has 1 N–H and O–H groups in total. The first-order valence-electron chi connectivity index (χ1n) is 12.3. The minimum atomic E-state index is 0.0582. The Morgan fingerprint density at radius 3 is 2.33 bits per heavy atom. The fourth-order valence-electron chi connectivity index (χ4n) is 7.56. The first-order chi connectivity index (χ1) is 14.7. The minimum absolute atomic E-state index is 0.0582. The van der Waals surface area contributed by atoms with Crippen LogP contribution < -0.4 is 5.32 Å². The average Bonchev–Trinajstić information content (AvgIpc) is 2.77. The Morgan fingerprint density at radius 2 is 1.70 bits per heavy atom. The van der Waals surface area contributed by atoms with Gasteiger partial charge in [0.25, 0.3) is 0 Å². The molecular formula is C26H38N2O2. The summed E-state index contributed by atoms with van der Waals surface area (Å²) >= 11 is 0. The van der Waals surface area contributed by atoms with Gasteiger partial charge in [0.2, 0.25) is 5.91 Å². The van der Waals surface area contributed by atoms with Gasteiger partial charge in [-0.2, -0.15) is 0 Å². The summed E-state index contributed by atoms with van der Waals surface area (Å²) in [6.07, 6.45) is 7.01. The third-order valence-corrected chi connectivity index (χ3v) is 9.13. The summed E-state index contributed by atoms with van der Waals surface area (Å²) in [4.78, 5) is 15.6. The minimum Gasteiger partial charge on any atom is -0.379 e. The van der Waals surface area contributed by atoms with Crippen molar-refractivity contribution in [3.05, 3.63) is 35.9 Å². The normalized spacial score (nSPS) is 38.0. The summed E-state index contributed by atoms with van der Waals surface area (Å²) in [5.74, 6) is 4.29. The zero-order valence-electron chi connectivity index (χ0n) is 18.5. The average molecular weight is 411 g/mol. The predicted octanol–water partition coefficient (Wildman–Crippen LogP) is 3.86. The molecule has 30 heavy (non-hydrogen) atoms. The van der Waals surface area contributed by atoms with Gasteiger partial charge in [0.15, 0.2) is 0 Å². The monoisotopic (exact) mass is 410 g/mol. The first-order valence-corrected chi connectivity index (χ1v) is 12.3. The van der Waals surface area contributed by atoms with Crippen molar-refractivity contribution >= 4 is 5.91 Å². The molecule has 1 aromatic carbocycles. The van der Waals surface area contributed by atoms with Gasteiger partial charge in [-0.1, -0.05) is 37.3 Å². The smallest absolute Gasteiger partial charge is 0.220 e. The zero-order chi connectivity index (χ0) is 20.6. The maximum Gasteiger partial charge on any atom is 0.220 e. The summed E-state index contributed by atoms with van der Waals surface area (Å²) in [5, 5.41) is 3.29. The third kappa shape index (κ3) is 3.71. The van der Waals surface area contributed by atoms with Gasteiger partial charge in [0, 0.05) is 31.5 Å². The molecule has 0 spiro atoms. The van der Waals surface area contributed by atoms with E-state index in [2.05, 4.69) is 47.5 Å². The van der Waals surface area contributed by atoms with Crippen LogP contribution in [-0.2, 0) is 14.9 Å². The van der Waals surface area contributed by atoms with E-state index >= 15 is 0 Å². The Labute approximate surface area is 181 Å². The summed E-state index contributed by atoms with van der Waals surface area (Å²) in [7, 11) is 0. The molecule has 4 aliphatic carbocycles. The highest BCUT2D eigenvalue weighted by molar-refractivity contribution is 5.78. The number of benzene rings is 1. The van der Waals surface area contributed by atoms with E-state index < -0.39 is 0 Å². The Balaban J connectivity index is 1.25. The number of carbonyl (C=O) groups excluding carboxylic acids is 1. The van der Waals surface area contributed by atoms with Crippen LogP contribution in [0.3, 0.4) is 0 Å². The molecule has 4 saturated carbocycles. The van der Waals surface area contributed by atoms with Crippen LogP contribution in [0.4, 0.5) is 0 Å². The number of morpholine rings is 1. The molecule has 0 radical (unpaired) electrons. The van der Waals surface area contributed by atoms with E-state index in [4.69, 9.17) is 4.74 Å². The lowest BCUT2D eigenvalue weighted by Crippen LogP contribution is -2.59. The number of hydrogen-bond donors (Lipinski definition) is 1. The van der Waals surface area contributed by atoms with E-state index in [1.807, 2.05) is 0 Å². The molecule has 0 atom stereocenters. The van der Waals surface area contributed by atoms with Crippen molar-refractivity contribution in [1.29, 1.82) is 0 Å². The second-order valence-corrected chi connectivity index (χ2v) is 10.5. The molecule has 1 saturated heterocycles. The first kappa shape index (κ1) is 20.5. The maximum atomic E-state index is 13.2. The molecule has 4 heteroatoms. The summed E-state index contributed by atoms with van der Waals surface area (Å²) in [6.45, 7) is 8.06. The molecule has 1 aromatic rings. The summed E-state index contributed by atoms with van der Waals surface area (Å²) in [6, 6.07) is 11.1. The van der Waals surface area contributed by atoms with Crippen molar-refractivity contribution < 1.29 is 9.53 Å². The van der Waals surface area contributed by atoms with Crippen LogP contribution in [0, 0.1) is 29.6 Å². The highest BCUT2D eigenvalue weighted by Crippen LogP contribution is 2.65. The van der Waals surface area contributed by atoms with Crippen LogP contribution in [0.2, 0.25) is 0 Å². The molecule has 1 amide bonds. The fourth-order valence-corrected chi connectivity index (χ4v) is 7.56. The number of amides is 1. The molecule has 1 aliphatic heterocycles. The number of nitrogens with one attached hydrogen (secondary N) is 1. The number of hydrogen-bond acceptors (Lipinski definition) is 3. The quantitative estimate of drug-likeness (QED) is 0.694. The number of ether oxygens (including phenoxy) is 1. The molecule has 0 unspecified atom stereocenters. The topological polar surface area (TPSA) is 41.6 Å². The van der Waals surface area contributed by atoms with Gasteiger partial charge in [0.05, 0.1) is 13.2 Å². The second kappa shape index (κ2) is 8.63.